The van der Waals surface area contributed by atoms with Crippen LogP contribution in [0, 0.1) is 12.8 Å². The number of aryl methyl sites for hydroxylation is 1. The third-order valence-corrected chi connectivity index (χ3v) is 7.42. The lowest BCUT2D eigenvalue weighted by Crippen LogP contribution is -2.40. The Bertz CT molecular complexity index is 867. The Morgan fingerprint density at radius 2 is 1.69 bits per heavy atom. The fraction of sp³-hybridized carbons (Fsp3) is 0.458. The van der Waals surface area contributed by atoms with Gasteiger partial charge in [0.25, 0.3) is 5.91 Å². The average molecular weight is 409 g/mol. The Morgan fingerprint density at radius 1 is 1.00 bits per heavy atom. The molecule has 29 heavy (non-hydrogen) atoms. The molecule has 0 spiro atoms. The summed E-state index contributed by atoms with van der Waals surface area (Å²) in [5.74, 6) is 0.263. The van der Waals surface area contributed by atoms with Crippen molar-refractivity contribution >= 4 is 23.5 Å². The Hall–Kier alpha value is -2.14. The quantitative estimate of drug-likeness (QED) is 0.641. The molecule has 4 rings (SSSR count). The third-order valence-electron chi connectivity index (χ3n) is 6.07. The molecule has 5 heteroatoms. The first kappa shape index (κ1) is 20.1. The Labute approximate surface area is 177 Å². The number of carbonyl (C=O) groups is 2. The van der Waals surface area contributed by atoms with Crippen molar-refractivity contribution in [1.29, 1.82) is 0 Å². The highest BCUT2D eigenvalue weighted by Gasteiger charge is 2.30. The van der Waals surface area contributed by atoms with Gasteiger partial charge in [-0.3, -0.25) is 9.59 Å². The summed E-state index contributed by atoms with van der Waals surface area (Å²) in [6.45, 7) is 3.28. The first-order valence-electron chi connectivity index (χ1n) is 10.6. The fourth-order valence-electron chi connectivity index (χ4n) is 4.28. The second kappa shape index (κ2) is 9.12. The maximum absolute atomic E-state index is 13.2. The molecule has 0 bridgehead atoms. The topological polar surface area (TPSA) is 50.3 Å². The predicted octanol–water partition coefficient (Wildman–Crippen LogP) is 5.16. The number of rotatable bonds is 5. The van der Waals surface area contributed by atoms with Crippen LogP contribution in [-0.4, -0.2) is 39.9 Å². The minimum atomic E-state index is 0.00277. The Balaban J connectivity index is 1.39. The van der Waals surface area contributed by atoms with Gasteiger partial charge < -0.3 is 4.90 Å². The average Bonchev–Trinajstić information content (AvgIpc) is 3.27. The van der Waals surface area contributed by atoms with Gasteiger partial charge in [-0.1, -0.05) is 42.7 Å². The molecule has 0 unspecified atom stereocenters. The molecule has 4 nitrogen and oxygen atoms in total. The Kier molecular flexibility index (Phi) is 6.34. The number of hydrogen-bond donors (Lipinski definition) is 0. The molecule has 1 aliphatic carbocycles. The number of hydrogen-bond acceptors (Lipinski definition) is 4. The van der Waals surface area contributed by atoms with E-state index in [1.54, 1.807) is 18.0 Å². The van der Waals surface area contributed by atoms with Crippen molar-refractivity contribution in [3.05, 3.63) is 59.3 Å². The molecule has 1 aliphatic heterocycles. The lowest BCUT2D eigenvalue weighted by atomic mass is 9.88. The summed E-state index contributed by atoms with van der Waals surface area (Å²) >= 11 is 1.76. The first-order chi connectivity index (χ1) is 14.1. The van der Waals surface area contributed by atoms with Crippen LogP contribution in [0.5, 0.6) is 0 Å². The number of nitrogens with zero attached hydrogens (tertiary/aromatic N) is 2. The van der Waals surface area contributed by atoms with Gasteiger partial charge in [0.2, 0.25) is 0 Å². The molecule has 1 saturated carbocycles. The maximum atomic E-state index is 13.2. The van der Waals surface area contributed by atoms with Gasteiger partial charge in [-0.2, -0.15) is 0 Å². The second-order valence-electron chi connectivity index (χ2n) is 8.18. The highest BCUT2D eigenvalue weighted by molar-refractivity contribution is 7.99. The second-order valence-corrected chi connectivity index (χ2v) is 9.47. The predicted molar refractivity (Wildman–Crippen MR) is 116 cm³/mol. The molecule has 1 saturated heterocycles. The van der Waals surface area contributed by atoms with Crippen LogP contribution < -0.4 is 0 Å². The van der Waals surface area contributed by atoms with E-state index < -0.39 is 0 Å². The molecular weight excluding hydrogens is 380 g/mol. The molecule has 2 heterocycles. The van der Waals surface area contributed by atoms with Crippen LogP contribution in [0.4, 0.5) is 0 Å². The summed E-state index contributed by atoms with van der Waals surface area (Å²) in [7, 11) is 0. The van der Waals surface area contributed by atoms with Crippen LogP contribution in [-0.2, 0) is 0 Å². The number of piperidine rings is 1. The van der Waals surface area contributed by atoms with E-state index >= 15 is 0 Å². The number of aromatic nitrogens is 1. The molecule has 0 radical (unpaired) electrons. The number of benzene rings is 1. The van der Waals surface area contributed by atoms with Crippen LogP contribution in [0.3, 0.4) is 0 Å². The fourth-order valence-corrected chi connectivity index (χ4v) is 5.57. The van der Waals surface area contributed by atoms with Crippen LogP contribution >= 0.6 is 11.8 Å². The number of amides is 1. The number of Topliss-reactive ketones (excluding diaryl/α,β-unsaturated/α-hetero) is 1. The molecule has 0 atom stereocenters. The Morgan fingerprint density at radius 3 is 2.38 bits per heavy atom. The minimum absolute atomic E-state index is 0.00277. The highest BCUT2D eigenvalue weighted by Crippen LogP contribution is 2.35. The van der Waals surface area contributed by atoms with E-state index in [4.69, 9.17) is 0 Å². The number of likely N-dealkylation sites (tertiary alicyclic amines) is 1. The van der Waals surface area contributed by atoms with Crippen LogP contribution in [0.15, 0.2) is 47.6 Å². The zero-order chi connectivity index (χ0) is 20.2. The monoisotopic (exact) mass is 408 g/mol. The van der Waals surface area contributed by atoms with Crippen LogP contribution in [0.25, 0.3) is 0 Å². The molecule has 1 amide bonds. The highest BCUT2D eigenvalue weighted by atomic mass is 32.2. The lowest BCUT2D eigenvalue weighted by molar-refractivity contribution is 0.0647. The van der Waals surface area contributed by atoms with Crippen molar-refractivity contribution in [2.24, 2.45) is 5.92 Å². The summed E-state index contributed by atoms with van der Waals surface area (Å²) in [5.41, 5.74) is 2.65. The van der Waals surface area contributed by atoms with E-state index in [-0.39, 0.29) is 17.6 Å². The summed E-state index contributed by atoms with van der Waals surface area (Å²) in [6, 6.07) is 11.5. The molecule has 2 aromatic rings. The minimum Gasteiger partial charge on any atom is -0.339 e. The number of thioether (sulfide) groups is 1. The van der Waals surface area contributed by atoms with Gasteiger partial charge in [-0.05, 0) is 44.7 Å². The smallest absolute Gasteiger partial charge is 0.256 e. The number of ketones is 1. The summed E-state index contributed by atoms with van der Waals surface area (Å²) in [5, 5.41) is 1.44. The van der Waals surface area contributed by atoms with Gasteiger partial charge in [0.15, 0.2) is 5.78 Å². The van der Waals surface area contributed by atoms with E-state index in [1.807, 2.05) is 48.2 Å². The van der Waals surface area contributed by atoms with E-state index in [0.29, 0.717) is 23.9 Å². The molecular formula is C24H28N2O2S. The zero-order valence-corrected chi connectivity index (χ0v) is 17.8. The zero-order valence-electron chi connectivity index (χ0n) is 17.0. The number of pyridine rings is 1. The standard InChI is InChI=1S/C24H28N2O2S/c1-17-8-10-18(11-9-17)22(27)19-12-15-26(16-13-19)24(28)21-7-4-14-25-23(21)29-20-5-2-3-6-20/h4,7-11,14,19-20H,2-3,5-6,12-13,15-16H2,1H3. The van der Waals surface area contributed by atoms with Crippen molar-refractivity contribution in [1.82, 2.24) is 9.88 Å². The van der Waals surface area contributed by atoms with Crippen molar-refractivity contribution in [3.8, 4) is 0 Å². The van der Waals surface area contributed by atoms with Gasteiger partial charge in [-0.15, -0.1) is 11.8 Å². The summed E-state index contributed by atoms with van der Waals surface area (Å²) < 4.78 is 0. The summed E-state index contributed by atoms with van der Waals surface area (Å²) in [6.07, 6.45) is 8.20. The van der Waals surface area contributed by atoms with E-state index in [1.165, 1.54) is 25.7 Å². The van der Waals surface area contributed by atoms with Gasteiger partial charge >= 0.3 is 0 Å². The lowest BCUT2D eigenvalue weighted by Gasteiger charge is -2.31. The molecule has 0 N–H and O–H groups in total. The molecule has 1 aromatic heterocycles. The number of carbonyl (C=O) groups excluding carboxylic acids is 2. The molecule has 152 valence electrons. The van der Waals surface area contributed by atoms with Crippen molar-refractivity contribution in [2.45, 2.75) is 55.7 Å². The largest absolute Gasteiger partial charge is 0.339 e. The van der Waals surface area contributed by atoms with Gasteiger partial charge in [0, 0.05) is 36.0 Å². The normalized spacial score (nSPS) is 18.2. The molecule has 1 aromatic carbocycles. The van der Waals surface area contributed by atoms with Crippen LogP contribution in [0.2, 0.25) is 0 Å². The third kappa shape index (κ3) is 4.72. The van der Waals surface area contributed by atoms with Crippen molar-refractivity contribution < 1.29 is 9.59 Å². The van der Waals surface area contributed by atoms with Crippen LogP contribution in [0.1, 0.15) is 64.8 Å². The molecule has 2 fully saturated rings. The van der Waals surface area contributed by atoms with Gasteiger partial charge in [0.05, 0.1) is 5.56 Å². The van der Waals surface area contributed by atoms with E-state index in [0.717, 1.165) is 29.0 Å². The van der Waals surface area contributed by atoms with Gasteiger partial charge in [0.1, 0.15) is 5.03 Å². The van der Waals surface area contributed by atoms with Gasteiger partial charge in [-0.25, -0.2) is 4.98 Å². The van der Waals surface area contributed by atoms with E-state index in [9.17, 15) is 9.59 Å². The van der Waals surface area contributed by atoms with E-state index in [2.05, 4.69) is 4.98 Å². The SMILES string of the molecule is Cc1ccc(C(=O)C2CCN(C(=O)c3cccnc3SC3CCCC3)CC2)cc1. The maximum Gasteiger partial charge on any atom is 0.256 e. The molecule has 2 aliphatic rings. The van der Waals surface area contributed by atoms with Crippen molar-refractivity contribution in [2.75, 3.05) is 13.1 Å². The van der Waals surface area contributed by atoms with Crippen molar-refractivity contribution in [3.63, 3.8) is 0 Å². The summed E-state index contributed by atoms with van der Waals surface area (Å²) in [4.78, 5) is 32.4. The first-order valence-corrected chi connectivity index (χ1v) is 11.5.